The molecule has 98 valence electrons. The quantitative estimate of drug-likeness (QED) is 0.691. The fraction of sp³-hybridized carbons (Fsp3) is 0.545. The van der Waals surface area contributed by atoms with Gasteiger partial charge in [0.25, 0.3) is 5.91 Å². The zero-order valence-electron chi connectivity index (χ0n) is 10.2. The van der Waals surface area contributed by atoms with Gasteiger partial charge in [0.05, 0.1) is 26.0 Å². The first-order valence-electron chi connectivity index (χ1n) is 5.54. The van der Waals surface area contributed by atoms with Crippen LogP contribution < -0.4 is 0 Å². The third kappa shape index (κ3) is 2.51. The summed E-state index contributed by atoms with van der Waals surface area (Å²) in [6.07, 6.45) is -0.739. The van der Waals surface area contributed by atoms with Crippen molar-refractivity contribution in [2.75, 3.05) is 26.8 Å². The molecule has 1 amide bonds. The van der Waals surface area contributed by atoms with Gasteiger partial charge >= 0.3 is 5.97 Å². The van der Waals surface area contributed by atoms with E-state index in [1.165, 1.54) is 12.0 Å². The van der Waals surface area contributed by atoms with Crippen LogP contribution in [-0.2, 0) is 14.3 Å². The van der Waals surface area contributed by atoms with E-state index in [-0.39, 0.29) is 18.2 Å². The van der Waals surface area contributed by atoms with E-state index in [0.29, 0.717) is 18.8 Å². The molecule has 1 saturated heterocycles. The highest BCUT2D eigenvalue weighted by atomic mass is 16.6. The lowest BCUT2D eigenvalue weighted by molar-refractivity contribution is -0.158. The molecule has 1 aliphatic rings. The maximum Gasteiger partial charge on any atom is 0.336 e. The fourth-order valence-corrected chi connectivity index (χ4v) is 1.73. The Morgan fingerprint density at radius 3 is 2.94 bits per heavy atom. The molecule has 1 fully saturated rings. The summed E-state index contributed by atoms with van der Waals surface area (Å²) in [5, 5.41) is 3.66. The second-order valence-corrected chi connectivity index (χ2v) is 3.97. The molecule has 7 nitrogen and oxygen atoms in total. The fourth-order valence-electron chi connectivity index (χ4n) is 1.73. The van der Waals surface area contributed by atoms with Crippen molar-refractivity contribution in [1.29, 1.82) is 0 Å². The van der Waals surface area contributed by atoms with Gasteiger partial charge in [-0.3, -0.25) is 4.79 Å². The maximum absolute atomic E-state index is 12.1. The third-order valence-electron chi connectivity index (χ3n) is 2.66. The molecule has 2 rings (SSSR count). The van der Waals surface area contributed by atoms with Crippen LogP contribution in [0.1, 0.15) is 16.2 Å². The van der Waals surface area contributed by atoms with Gasteiger partial charge in [0.1, 0.15) is 0 Å². The largest absolute Gasteiger partial charge is 0.467 e. The molecule has 1 aromatic heterocycles. The summed E-state index contributed by atoms with van der Waals surface area (Å²) in [6, 6.07) is 1.56. The molecule has 0 aromatic carbocycles. The van der Waals surface area contributed by atoms with Gasteiger partial charge in [-0.05, 0) is 6.92 Å². The molecular weight excluding hydrogens is 240 g/mol. The first-order valence-corrected chi connectivity index (χ1v) is 5.54. The van der Waals surface area contributed by atoms with Crippen molar-refractivity contribution in [2.45, 2.75) is 13.0 Å². The lowest BCUT2D eigenvalue weighted by Gasteiger charge is -2.30. The van der Waals surface area contributed by atoms with E-state index in [4.69, 9.17) is 9.26 Å². The summed E-state index contributed by atoms with van der Waals surface area (Å²) < 4.78 is 14.7. The number of aryl methyl sites for hydroxylation is 1. The van der Waals surface area contributed by atoms with E-state index in [9.17, 15) is 9.59 Å². The summed E-state index contributed by atoms with van der Waals surface area (Å²) in [4.78, 5) is 24.9. The van der Waals surface area contributed by atoms with Crippen molar-refractivity contribution in [3.8, 4) is 0 Å². The predicted molar refractivity (Wildman–Crippen MR) is 58.9 cm³/mol. The van der Waals surface area contributed by atoms with E-state index in [1.54, 1.807) is 13.0 Å². The second-order valence-electron chi connectivity index (χ2n) is 3.97. The van der Waals surface area contributed by atoms with Gasteiger partial charge in [0.2, 0.25) is 5.76 Å². The molecule has 0 saturated carbocycles. The smallest absolute Gasteiger partial charge is 0.336 e. The maximum atomic E-state index is 12.1. The number of esters is 1. The minimum atomic E-state index is -0.739. The molecular formula is C11H14N2O5. The second kappa shape index (κ2) is 5.18. The number of nitrogens with zero attached hydrogens (tertiary/aromatic N) is 2. The van der Waals surface area contributed by atoms with E-state index in [2.05, 4.69) is 9.89 Å². The summed E-state index contributed by atoms with van der Waals surface area (Å²) in [5.41, 5.74) is 0.635. The molecule has 0 aliphatic carbocycles. The molecule has 0 N–H and O–H groups in total. The van der Waals surface area contributed by atoms with Crippen LogP contribution in [0.3, 0.4) is 0 Å². The van der Waals surface area contributed by atoms with E-state index in [0.717, 1.165) is 0 Å². The Balaban J connectivity index is 2.05. The van der Waals surface area contributed by atoms with Crippen molar-refractivity contribution in [3.63, 3.8) is 0 Å². The van der Waals surface area contributed by atoms with Crippen molar-refractivity contribution in [3.05, 3.63) is 17.5 Å². The van der Waals surface area contributed by atoms with E-state index < -0.39 is 12.1 Å². The zero-order valence-corrected chi connectivity index (χ0v) is 10.2. The minimum Gasteiger partial charge on any atom is -0.467 e. The highest BCUT2D eigenvalue weighted by molar-refractivity contribution is 5.92. The Hall–Kier alpha value is -1.89. The average molecular weight is 254 g/mol. The number of hydrogen-bond acceptors (Lipinski definition) is 6. The number of hydrogen-bond donors (Lipinski definition) is 0. The number of carbonyl (C=O) groups is 2. The lowest BCUT2D eigenvalue weighted by Crippen LogP contribution is -2.48. The highest BCUT2D eigenvalue weighted by Crippen LogP contribution is 2.12. The number of amides is 1. The monoisotopic (exact) mass is 254 g/mol. The van der Waals surface area contributed by atoms with Crippen LogP contribution in [0.2, 0.25) is 0 Å². The molecule has 1 aromatic rings. The normalized spacial score (nSPS) is 19.7. The van der Waals surface area contributed by atoms with Crippen LogP contribution in [0.25, 0.3) is 0 Å². The van der Waals surface area contributed by atoms with Gasteiger partial charge in [-0.15, -0.1) is 0 Å². The summed E-state index contributed by atoms with van der Waals surface area (Å²) in [7, 11) is 1.28. The SMILES string of the molecule is COC(=O)C1CN(C(=O)c2cc(C)no2)CCO1. The van der Waals surface area contributed by atoms with Crippen molar-refractivity contribution in [1.82, 2.24) is 10.1 Å². The Bertz CT molecular complexity index is 456. The molecule has 1 aliphatic heterocycles. The number of methoxy groups -OCH3 is 1. The topological polar surface area (TPSA) is 81.9 Å². The molecule has 7 heteroatoms. The zero-order chi connectivity index (χ0) is 13.1. The van der Waals surface area contributed by atoms with E-state index >= 15 is 0 Å². The number of aromatic nitrogens is 1. The van der Waals surface area contributed by atoms with Crippen molar-refractivity contribution in [2.24, 2.45) is 0 Å². The minimum absolute atomic E-state index is 0.158. The van der Waals surface area contributed by atoms with Crippen LogP contribution in [0.4, 0.5) is 0 Å². The third-order valence-corrected chi connectivity index (χ3v) is 2.66. The summed E-state index contributed by atoms with van der Waals surface area (Å²) in [6.45, 7) is 2.59. The number of rotatable bonds is 2. The predicted octanol–water partition coefficient (Wildman–Crippen LogP) is -0.00298. The van der Waals surface area contributed by atoms with Gasteiger partial charge in [0.15, 0.2) is 6.10 Å². The standard InChI is InChI=1S/C11H14N2O5/c1-7-5-8(18-12-7)10(14)13-3-4-17-9(6-13)11(15)16-2/h5,9H,3-4,6H2,1-2H3. The molecule has 0 radical (unpaired) electrons. The highest BCUT2D eigenvalue weighted by Gasteiger charge is 2.31. The first-order chi connectivity index (χ1) is 8.61. The summed E-state index contributed by atoms with van der Waals surface area (Å²) >= 11 is 0. The lowest BCUT2D eigenvalue weighted by atomic mass is 10.2. The molecule has 18 heavy (non-hydrogen) atoms. The molecule has 0 bridgehead atoms. The van der Waals surface area contributed by atoms with E-state index in [1.807, 2.05) is 0 Å². The first kappa shape index (κ1) is 12.6. The van der Waals surface area contributed by atoms with Crippen LogP contribution in [0.15, 0.2) is 10.6 Å². The molecule has 2 heterocycles. The Kier molecular flexibility index (Phi) is 3.61. The van der Waals surface area contributed by atoms with Crippen LogP contribution in [0, 0.1) is 6.92 Å². The average Bonchev–Trinajstić information content (AvgIpc) is 2.83. The number of carbonyl (C=O) groups excluding carboxylic acids is 2. The molecule has 0 spiro atoms. The van der Waals surface area contributed by atoms with Crippen LogP contribution >= 0.6 is 0 Å². The van der Waals surface area contributed by atoms with Gasteiger partial charge in [0, 0.05) is 12.6 Å². The van der Waals surface area contributed by atoms with Gasteiger partial charge in [-0.1, -0.05) is 5.16 Å². The Morgan fingerprint density at radius 1 is 1.56 bits per heavy atom. The molecule has 1 unspecified atom stereocenters. The Morgan fingerprint density at radius 2 is 2.33 bits per heavy atom. The van der Waals surface area contributed by atoms with Crippen molar-refractivity contribution < 1.29 is 23.6 Å². The van der Waals surface area contributed by atoms with Crippen LogP contribution in [0.5, 0.6) is 0 Å². The Labute approximate surface area is 104 Å². The molecule has 1 atom stereocenters. The number of ether oxygens (including phenoxy) is 2. The van der Waals surface area contributed by atoms with Crippen molar-refractivity contribution >= 4 is 11.9 Å². The van der Waals surface area contributed by atoms with Gasteiger partial charge in [-0.25, -0.2) is 4.79 Å². The van der Waals surface area contributed by atoms with Crippen LogP contribution in [-0.4, -0.2) is 54.8 Å². The van der Waals surface area contributed by atoms with Gasteiger partial charge < -0.3 is 18.9 Å². The number of morpholine rings is 1. The summed E-state index contributed by atoms with van der Waals surface area (Å²) in [5.74, 6) is -0.618. The van der Waals surface area contributed by atoms with Gasteiger partial charge in [-0.2, -0.15) is 0 Å².